The van der Waals surface area contributed by atoms with Crippen LogP contribution in [0.25, 0.3) is 0 Å². The summed E-state index contributed by atoms with van der Waals surface area (Å²) in [7, 11) is 4.90. The van der Waals surface area contributed by atoms with Crippen molar-refractivity contribution in [3.63, 3.8) is 0 Å². The summed E-state index contributed by atoms with van der Waals surface area (Å²) in [6, 6.07) is 6.37. The van der Waals surface area contributed by atoms with Crippen molar-refractivity contribution in [2.45, 2.75) is 50.3 Å². The lowest BCUT2D eigenvalue weighted by atomic mass is 9.89. The summed E-state index contributed by atoms with van der Waals surface area (Å²) in [5, 5.41) is 13.9. The molecule has 1 aliphatic rings. The van der Waals surface area contributed by atoms with Crippen LogP contribution in [0.3, 0.4) is 0 Å². The van der Waals surface area contributed by atoms with E-state index in [0.717, 1.165) is 37.0 Å². The smallest absolute Gasteiger partial charge is 0.161 e. The van der Waals surface area contributed by atoms with Crippen molar-refractivity contribution in [2.75, 3.05) is 34.7 Å². The number of hydrogen-bond acceptors (Lipinski definition) is 6. The highest BCUT2D eigenvalue weighted by molar-refractivity contribution is 5.44. The van der Waals surface area contributed by atoms with Gasteiger partial charge in [-0.25, -0.2) is 0 Å². The Morgan fingerprint density at radius 3 is 2.60 bits per heavy atom. The maximum atomic E-state index is 10.3. The summed E-state index contributed by atoms with van der Waals surface area (Å²) < 4.78 is 20.9. The Hall–Kier alpha value is -1.34. The zero-order valence-corrected chi connectivity index (χ0v) is 15.5. The fourth-order valence-corrected chi connectivity index (χ4v) is 3.36. The van der Waals surface area contributed by atoms with Gasteiger partial charge in [0.2, 0.25) is 0 Å². The Morgan fingerprint density at radius 1 is 1.08 bits per heavy atom. The van der Waals surface area contributed by atoms with Gasteiger partial charge in [-0.1, -0.05) is 6.07 Å². The van der Waals surface area contributed by atoms with E-state index in [4.69, 9.17) is 18.9 Å². The third-order valence-electron chi connectivity index (χ3n) is 4.60. The van der Waals surface area contributed by atoms with Crippen molar-refractivity contribution in [1.29, 1.82) is 0 Å². The third-order valence-corrected chi connectivity index (χ3v) is 4.60. The van der Waals surface area contributed by atoms with Gasteiger partial charge in [-0.3, -0.25) is 0 Å². The van der Waals surface area contributed by atoms with Gasteiger partial charge >= 0.3 is 0 Å². The number of nitrogens with one attached hydrogen (secondary N) is 1. The molecule has 6 heteroatoms. The van der Waals surface area contributed by atoms with Crippen LogP contribution < -0.4 is 14.8 Å². The average Bonchev–Trinajstić information content (AvgIpc) is 2.63. The molecule has 0 aromatic heterocycles. The molecule has 1 saturated heterocycles. The van der Waals surface area contributed by atoms with E-state index >= 15 is 0 Å². The minimum absolute atomic E-state index is 0.123. The first kappa shape index (κ1) is 20.0. The zero-order valence-electron chi connectivity index (χ0n) is 15.5. The standard InChI is InChI=1S/C19H31NO5/c1-22-13-25-9-5-4-6-15-11-16(21)12-17(20-15)14-7-8-18(23-2)19(10-14)24-3/h7-8,10,15-17,20-21H,4-6,9,11-13H2,1-3H3/t15-,16-,17-/m1/s1. The molecule has 6 nitrogen and oxygen atoms in total. The van der Waals surface area contributed by atoms with Gasteiger partial charge in [0, 0.05) is 25.8 Å². The van der Waals surface area contributed by atoms with Crippen LogP contribution in [-0.4, -0.2) is 52.0 Å². The maximum absolute atomic E-state index is 10.3. The van der Waals surface area contributed by atoms with Crippen LogP contribution in [0.5, 0.6) is 11.5 Å². The summed E-state index contributed by atoms with van der Waals surface area (Å²) in [5.41, 5.74) is 1.12. The molecule has 1 fully saturated rings. The van der Waals surface area contributed by atoms with Crippen LogP contribution >= 0.6 is 0 Å². The lowest BCUT2D eigenvalue weighted by Crippen LogP contribution is -2.42. The molecule has 0 amide bonds. The van der Waals surface area contributed by atoms with E-state index in [1.807, 2.05) is 18.2 Å². The number of aliphatic hydroxyl groups is 1. The number of benzene rings is 1. The van der Waals surface area contributed by atoms with E-state index in [2.05, 4.69) is 5.32 Å². The quantitative estimate of drug-likeness (QED) is 0.498. The number of methoxy groups -OCH3 is 3. The second-order valence-corrected chi connectivity index (χ2v) is 6.47. The van der Waals surface area contributed by atoms with Gasteiger partial charge in [-0.2, -0.15) is 0 Å². The second kappa shape index (κ2) is 10.6. The average molecular weight is 353 g/mol. The van der Waals surface area contributed by atoms with Crippen LogP contribution in [0, 0.1) is 0 Å². The van der Waals surface area contributed by atoms with E-state index in [9.17, 15) is 5.11 Å². The molecule has 2 rings (SSSR count). The first-order valence-corrected chi connectivity index (χ1v) is 8.90. The fourth-order valence-electron chi connectivity index (χ4n) is 3.36. The Kier molecular flexibility index (Phi) is 8.48. The van der Waals surface area contributed by atoms with E-state index in [1.54, 1.807) is 21.3 Å². The summed E-state index contributed by atoms with van der Waals surface area (Å²) in [6.07, 6.45) is 4.31. The van der Waals surface area contributed by atoms with E-state index < -0.39 is 0 Å². The molecule has 0 spiro atoms. The van der Waals surface area contributed by atoms with Crippen molar-refractivity contribution >= 4 is 0 Å². The second-order valence-electron chi connectivity index (χ2n) is 6.47. The SMILES string of the molecule is COCOCCCC[C@@H]1C[C@@H](O)C[C@H](c2ccc(OC)c(OC)c2)N1. The summed E-state index contributed by atoms with van der Waals surface area (Å²) in [4.78, 5) is 0. The molecule has 0 bridgehead atoms. The molecule has 142 valence electrons. The van der Waals surface area contributed by atoms with Gasteiger partial charge < -0.3 is 29.4 Å². The Labute approximate surface area is 150 Å². The molecule has 0 saturated carbocycles. The van der Waals surface area contributed by atoms with Crippen molar-refractivity contribution in [2.24, 2.45) is 0 Å². The first-order valence-electron chi connectivity index (χ1n) is 8.90. The van der Waals surface area contributed by atoms with Gasteiger partial charge in [0.25, 0.3) is 0 Å². The van der Waals surface area contributed by atoms with E-state index in [1.165, 1.54) is 0 Å². The topological polar surface area (TPSA) is 69.2 Å². The zero-order chi connectivity index (χ0) is 18.1. The Bertz CT molecular complexity index is 511. The number of aliphatic hydroxyl groups excluding tert-OH is 1. The van der Waals surface area contributed by atoms with Crippen LogP contribution in [0.2, 0.25) is 0 Å². The van der Waals surface area contributed by atoms with Gasteiger partial charge in [0.05, 0.1) is 20.3 Å². The molecule has 1 aliphatic heterocycles. The minimum Gasteiger partial charge on any atom is -0.493 e. The highest BCUT2D eigenvalue weighted by atomic mass is 16.7. The largest absolute Gasteiger partial charge is 0.493 e. The summed E-state index contributed by atoms with van der Waals surface area (Å²) in [5.74, 6) is 1.43. The molecule has 0 aliphatic carbocycles. The van der Waals surface area contributed by atoms with Crippen LogP contribution in [0.15, 0.2) is 18.2 Å². The lowest BCUT2D eigenvalue weighted by molar-refractivity contribution is -0.0318. The predicted molar refractivity (Wildman–Crippen MR) is 96.1 cm³/mol. The van der Waals surface area contributed by atoms with Crippen molar-refractivity contribution in [3.8, 4) is 11.5 Å². The Morgan fingerprint density at radius 2 is 1.88 bits per heavy atom. The monoisotopic (exact) mass is 353 g/mol. The van der Waals surface area contributed by atoms with Gasteiger partial charge in [0.1, 0.15) is 6.79 Å². The number of rotatable bonds is 10. The normalized spacial score (nSPS) is 23.4. The summed E-state index contributed by atoms with van der Waals surface area (Å²) in [6.45, 7) is 1.06. The van der Waals surface area contributed by atoms with Crippen LogP contribution in [-0.2, 0) is 9.47 Å². The third kappa shape index (κ3) is 6.15. The van der Waals surface area contributed by atoms with Crippen molar-refractivity contribution in [3.05, 3.63) is 23.8 Å². The predicted octanol–water partition coefficient (Wildman–Crippen LogP) is 2.65. The van der Waals surface area contributed by atoms with Gasteiger partial charge in [-0.05, 0) is 49.8 Å². The van der Waals surface area contributed by atoms with Crippen molar-refractivity contribution < 1.29 is 24.1 Å². The lowest BCUT2D eigenvalue weighted by Gasteiger charge is -2.34. The molecule has 1 aromatic rings. The number of unbranched alkanes of at least 4 members (excludes halogenated alkanes) is 1. The summed E-state index contributed by atoms with van der Waals surface area (Å²) >= 11 is 0. The number of hydrogen-bond donors (Lipinski definition) is 2. The van der Waals surface area contributed by atoms with E-state index in [-0.39, 0.29) is 12.1 Å². The first-order chi connectivity index (χ1) is 12.2. The molecule has 1 heterocycles. The van der Waals surface area contributed by atoms with Gasteiger partial charge in [0.15, 0.2) is 11.5 Å². The molecular weight excluding hydrogens is 322 g/mol. The molecular formula is C19H31NO5. The molecule has 2 N–H and O–H groups in total. The molecule has 3 atom stereocenters. The maximum Gasteiger partial charge on any atom is 0.161 e. The van der Waals surface area contributed by atoms with Gasteiger partial charge in [-0.15, -0.1) is 0 Å². The Balaban J connectivity index is 1.89. The molecule has 0 radical (unpaired) electrons. The molecule has 0 unspecified atom stereocenters. The fraction of sp³-hybridized carbons (Fsp3) is 0.684. The highest BCUT2D eigenvalue weighted by Gasteiger charge is 2.28. The van der Waals surface area contributed by atoms with Crippen LogP contribution in [0.4, 0.5) is 0 Å². The highest BCUT2D eigenvalue weighted by Crippen LogP contribution is 2.34. The molecule has 1 aromatic carbocycles. The van der Waals surface area contributed by atoms with Crippen molar-refractivity contribution in [1.82, 2.24) is 5.32 Å². The number of ether oxygens (including phenoxy) is 4. The van der Waals surface area contributed by atoms with E-state index in [0.29, 0.717) is 31.6 Å². The van der Waals surface area contributed by atoms with Crippen LogP contribution in [0.1, 0.15) is 43.7 Å². The molecule has 25 heavy (non-hydrogen) atoms. The number of piperidine rings is 1. The minimum atomic E-state index is -0.283.